The highest BCUT2D eigenvalue weighted by Gasteiger charge is 2.29. The first-order valence-corrected chi connectivity index (χ1v) is 12.6. The minimum atomic E-state index is 0.0709. The predicted molar refractivity (Wildman–Crippen MR) is 120 cm³/mol. The monoisotopic (exact) mass is 384 g/mol. The van der Waals surface area contributed by atoms with Crippen molar-refractivity contribution in [1.29, 1.82) is 0 Å². The molecule has 0 amide bonds. The third kappa shape index (κ3) is 15.5. The van der Waals surface area contributed by atoms with E-state index in [-0.39, 0.29) is 6.29 Å². The number of ether oxygens (including phenoxy) is 2. The van der Waals surface area contributed by atoms with E-state index in [1.54, 1.807) is 0 Å². The molecule has 0 bridgehead atoms. The van der Waals surface area contributed by atoms with E-state index in [4.69, 9.17) is 9.47 Å². The van der Waals surface area contributed by atoms with Crippen molar-refractivity contribution in [3.63, 3.8) is 0 Å². The van der Waals surface area contributed by atoms with Crippen LogP contribution in [0.15, 0.2) is 0 Å². The van der Waals surface area contributed by atoms with E-state index < -0.39 is 0 Å². The van der Waals surface area contributed by atoms with Crippen molar-refractivity contribution in [2.75, 3.05) is 0 Å². The lowest BCUT2D eigenvalue weighted by atomic mass is 9.98. The van der Waals surface area contributed by atoms with Crippen LogP contribution in [-0.2, 0) is 9.47 Å². The molecule has 0 aromatic heterocycles. The molecule has 1 aliphatic heterocycles. The van der Waals surface area contributed by atoms with Gasteiger partial charge in [-0.25, -0.2) is 0 Å². The Morgan fingerprint density at radius 2 is 0.889 bits per heavy atom. The quantitative estimate of drug-likeness (QED) is 0.247. The highest BCUT2D eigenvalue weighted by molar-refractivity contribution is 4.73. The standard InChI is InChI=1S/C23H46O2.C2H6/c1-4-7-10-12-15-17-21-20-22(18-16-13-11-8-5-2)25-23(24-21)19-14-9-6-3;1-2/h21-23H,4-20H2,1-3H3;1-2H3. The molecule has 0 aromatic carbocycles. The van der Waals surface area contributed by atoms with E-state index in [9.17, 15) is 0 Å². The summed E-state index contributed by atoms with van der Waals surface area (Å²) in [5.41, 5.74) is 0. The third-order valence-corrected chi connectivity index (χ3v) is 5.52. The first kappa shape index (κ1) is 26.9. The van der Waals surface area contributed by atoms with Crippen LogP contribution in [0.2, 0.25) is 0 Å². The van der Waals surface area contributed by atoms with Gasteiger partial charge in [0.25, 0.3) is 0 Å². The van der Waals surface area contributed by atoms with Crippen molar-refractivity contribution in [3.8, 4) is 0 Å². The molecule has 0 N–H and O–H groups in total. The van der Waals surface area contributed by atoms with E-state index >= 15 is 0 Å². The van der Waals surface area contributed by atoms with Crippen molar-refractivity contribution in [3.05, 3.63) is 0 Å². The van der Waals surface area contributed by atoms with Crippen LogP contribution < -0.4 is 0 Å². The van der Waals surface area contributed by atoms with Gasteiger partial charge in [0.15, 0.2) is 6.29 Å². The van der Waals surface area contributed by atoms with E-state index in [0.29, 0.717) is 12.2 Å². The SMILES string of the molecule is CC.CCCCCCCC1CC(CCCCCCC)OC(CCCCC)O1. The molecule has 1 heterocycles. The van der Waals surface area contributed by atoms with E-state index in [1.165, 1.54) is 96.3 Å². The first-order valence-electron chi connectivity index (χ1n) is 12.6. The van der Waals surface area contributed by atoms with Crippen LogP contribution in [0.4, 0.5) is 0 Å². The summed E-state index contributed by atoms with van der Waals surface area (Å²) in [5, 5.41) is 0. The summed E-state index contributed by atoms with van der Waals surface area (Å²) in [6, 6.07) is 0. The maximum absolute atomic E-state index is 6.29. The zero-order valence-electron chi connectivity index (χ0n) is 19.6. The van der Waals surface area contributed by atoms with Gasteiger partial charge in [0.2, 0.25) is 0 Å². The Labute approximate surface area is 172 Å². The molecule has 0 radical (unpaired) electrons. The van der Waals surface area contributed by atoms with Gasteiger partial charge in [-0.1, -0.05) is 112 Å². The molecule has 2 heteroatoms. The lowest BCUT2D eigenvalue weighted by Crippen LogP contribution is -2.38. The Balaban J connectivity index is 0.00000326. The number of hydrogen-bond donors (Lipinski definition) is 0. The fourth-order valence-electron chi connectivity index (χ4n) is 3.89. The second kappa shape index (κ2) is 20.6. The summed E-state index contributed by atoms with van der Waals surface area (Å²) in [7, 11) is 0. The molecule has 1 saturated heterocycles. The molecule has 27 heavy (non-hydrogen) atoms. The first-order chi connectivity index (χ1) is 13.3. The molecule has 2 nitrogen and oxygen atoms in total. The zero-order valence-corrected chi connectivity index (χ0v) is 19.6. The van der Waals surface area contributed by atoms with Crippen LogP contribution in [0.1, 0.15) is 144 Å². The third-order valence-electron chi connectivity index (χ3n) is 5.52. The van der Waals surface area contributed by atoms with Crippen LogP contribution in [0.3, 0.4) is 0 Å². The largest absolute Gasteiger partial charge is 0.349 e. The summed E-state index contributed by atoms with van der Waals surface area (Å²) in [6.07, 6.45) is 23.1. The number of rotatable bonds is 16. The molecule has 1 fully saturated rings. The smallest absolute Gasteiger partial charge is 0.158 e. The molecule has 1 aliphatic rings. The van der Waals surface area contributed by atoms with Crippen LogP contribution in [0.25, 0.3) is 0 Å². The van der Waals surface area contributed by atoms with Gasteiger partial charge in [-0.05, 0) is 32.1 Å². The molecule has 0 aliphatic carbocycles. The van der Waals surface area contributed by atoms with Crippen LogP contribution in [-0.4, -0.2) is 18.5 Å². The lowest BCUT2D eigenvalue weighted by molar-refractivity contribution is -0.247. The zero-order chi connectivity index (χ0) is 20.2. The molecule has 2 unspecified atom stereocenters. The summed E-state index contributed by atoms with van der Waals surface area (Å²) in [4.78, 5) is 0. The van der Waals surface area contributed by atoms with Gasteiger partial charge in [-0.3, -0.25) is 0 Å². The minimum Gasteiger partial charge on any atom is -0.349 e. The summed E-state index contributed by atoms with van der Waals surface area (Å²) in [6.45, 7) is 10.8. The second-order valence-corrected chi connectivity index (χ2v) is 8.08. The topological polar surface area (TPSA) is 18.5 Å². The number of hydrogen-bond acceptors (Lipinski definition) is 2. The molecule has 2 atom stereocenters. The molecule has 0 saturated carbocycles. The predicted octanol–water partition coefficient (Wildman–Crippen LogP) is 8.81. The van der Waals surface area contributed by atoms with Crippen molar-refractivity contribution < 1.29 is 9.47 Å². The Hall–Kier alpha value is -0.0800. The van der Waals surface area contributed by atoms with Gasteiger partial charge >= 0.3 is 0 Å². The molecule has 0 aromatic rings. The van der Waals surface area contributed by atoms with Crippen molar-refractivity contribution in [1.82, 2.24) is 0 Å². The normalized spacial score (nSPS) is 22.3. The molecular formula is C25H52O2. The van der Waals surface area contributed by atoms with Crippen molar-refractivity contribution in [2.24, 2.45) is 0 Å². The van der Waals surface area contributed by atoms with Crippen LogP contribution >= 0.6 is 0 Å². The second-order valence-electron chi connectivity index (χ2n) is 8.08. The Morgan fingerprint density at radius 3 is 1.33 bits per heavy atom. The molecular weight excluding hydrogens is 332 g/mol. The van der Waals surface area contributed by atoms with E-state index in [2.05, 4.69) is 20.8 Å². The maximum Gasteiger partial charge on any atom is 0.158 e. The molecule has 1 rings (SSSR count). The molecule has 164 valence electrons. The average Bonchev–Trinajstić information content (AvgIpc) is 2.69. The van der Waals surface area contributed by atoms with E-state index in [0.717, 1.165) is 12.8 Å². The van der Waals surface area contributed by atoms with Gasteiger partial charge in [-0.15, -0.1) is 0 Å². The number of unbranched alkanes of at least 4 members (excludes halogenated alkanes) is 10. The van der Waals surface area contributed by atoms with Gasteiger partial charge in [0.05, 0.1) is 12.2 Å². The van der Waals surface area contributed by atoms with Crippen molar-refractivity contribution in [2.45, 2.75) is 162 Å². The van der Waals surface area contributed by atoms with Gasteiger partial charge in [0.1, 0.15) is 0 Å². The Bertz CT molecular complexity index is 257. The summed E-state index contributed by atoms with van der Waals surface area (Å²) < 4.78 is 12.6. The van der Waals surface area contributed by atoms with Gasteiger partial charge < -0.3 is 9.47 Å². The lowest BCUT2D eigenvalue weighted by Gasteiger charge is -2.36. The van der Waals surface area contributed by atoms with E-state index in [1.807, 2.05) is 13.8 Å². The maximum atomic E-state index is 6.29. The van der Waals surface area contributed by atoms with Gasteiger partial charge in [-0.2, -0.15) is 0 Å². The van der Waals surface area contributed by atoms with Crippen molar-refractivity contribution >= 4 is 0 Å². The highest BCUT2D eigenvalue weighted by Crippen LogP contribution is 2.28. The molecule has 0 spiro atoms. The summed E-state index contributed by atoms with van der Waals surface area (Å²) >= 11 is 0. The van der Waals surface area contributed by atoms with Crippen LogP contribution in [0.5, 0.6) is 0 Å². The average molecular weight is 385 g/mol. The van der Waals surface area contributed by atoms with Gasteiger partial charge in [0, 0.05) is 0 Å². The Morgan fingerprint density at radius 1 is 0.519 bits per heavy atom. The summed E-state index contributed by atoms with van der Waals surface area (Å²) in [5.74, 6) is 0. The van der Waals surface area contributed by atoms with Crippen LogP contribution in [0, 0.1) is 0 Å². The fourth-order valence-corrected chi connectivity index (χ4v) is 3.89. The fraction of sp³-hybridized carbons (Fsp3) is 1.00. The Kier molecular flexibility index (Phi) is 20.6. The minimum absolute atomic E-state index is 0.0709. The highest BCUT2D eigenvalue weighted by atomic mass is 16.7.